The van der Waals surface area contributed by atoms with Crippen molar-refractivity contribution in [2.75, 3.05) is 12.4 Å². The molecule has 0 unspecified atom stereocenters. The number of hydrogen-bond donors (Lipinski definition) is 1. The van der Waals surface area contributed by atoms with Crippen LogP contribution < -0.4 is 10.1 Å². The molecule has 1 N–H and O–H groups in total. The number of ether oxygens (including phenoxy) is 1. The van der Waals surface area contributed by atoms with Gasteiger partial charge in [0.2, 0.25) is 5.91 Å². The highest BCUT2D eigenvalue weighted by molar-refractivity contribution is 6.30. The SMILES string of the molecule is COc1ccc(Cl)cc1C=CC(=O)Nc1cc(-c2nnc3n2CCCCC3)ccc1F. The largest absolute Gasteiger partial charge is 0.496 e. The number of anilines is 1. The van der Waals surface area contributed by atoms with Crippen LogP contribution in [0.4, 0.5) is 10.1 Å². The monoisotopic (exact) mass is 440 g/mol. The molecular formula is C23H22ClFN4O2. The third-order valence-corrected chi connectivity index (χ3v) is 5.43. The first-order valence-corrected chi connectivity index (χ1v) is 10.5. The van der Waals surface area contributed by atoms with Crippen LogP contribution in [0, 0.1) is 5.82 Å². The number of nitrogens with one attached hydrogen (secondary N) is 1. The van der Waals surface area contributed by atoms with Crippen LogP contribution in [0.1, 0.15) is 30.7 Å². The normalized spacial score (nSPS) is 13.6. The van der Waals surface area contributed by atoms with Crippen molar-refractivity contribution in [3.63, 3.8) is 0 Å². The smallest absolute Gasteiger partial charge is 0.248 e. The number of carbonyl (C=O) groups excluding carboxylic acids is 1. The van der Waals surface area contributed by atoms with Crippen LogP contribution >= 0.6 is 11.6 Å². The molecule has 0 atom stereocenters. The fourth-order valence-corrected chi connectivity index (χ4v) is 3.81. The Morgan fingerprint density at radius 2 is 2.06 bits per heavy atom. The first-order valence-electron chi connectivity index (χ1n) is 10.1. The minimum Gasteiger partial charge on any atom is -0.496 e. The van der Waals surface area contributed by atoms with Crippen LogP contribution in [0.3, 0.4) is 0 Å². The molecule has 2 heterocycles. The second-order valence-electron chi connectivity index (χ2n) is 7.31. The van der Waals surface area contributed by atoms with Gasteiger partial charge in [0.05, 0.1) is 12.8 Å². The van der Waals surface area contributed by atoms with E-state index < -0.39 is 11.7 Å². The molecule has 8 heteroatoms. The van der Waals surface area contributed by atoms with Crippen molar-refractivity contribution in [2.24, 2.45) is 0 Å². The fourth-order valence-electron chi connectivity index (χ4n) is 3.63. The van der Waals surface area contributed by atoms with E-state index in [4.69, 9.17) is 16.3 Å². The summed E-state index contributed by atoms with van der Waals surface area (Å²) < 4.78 is 21.7. The molecule has 6 nitrogen and oxygen atoms in total. The van der Waals surface area contributed by atoms with Gasteiger partial charge in [0, 0.05) is 35.2 Å². The van der Waals surface area contributed by atoms with Gasteiger partial charge in [0.15, 0.2) is 5.82 Å². The molecule has 0 saturated heterocycles. The van der Waals surface area contributed by atoms with Crippen molar-refractivity contribution >= 4 is 29.3 Å². The molecule has 0 saturated carbocycles. The van der Waals surface area contributed by atoms with Crippen molar-refractivity contribution in [1.29, 1.82) is 0 Å². The van der Waals surface area contributed by atoms with E-state index in [9.17, 15) is 9.18 Å². The minimum absolute atomic E-state index is 0.0798. The number of methoxy groups -OCH3 is 1. The maximum Gasteiger partial charge on any atom is 0.248 e. The van der Waals surface area contributed by atoms with Crippen LogP contribution in [0.2, 0.25) is 5.02 Å². The number of rotatable bonds is 5. The molecule has 160 valence electrons. The zero-order valence-electron chi connectivity index (χ0n) is 17.1. The standard InChI is InChI=1S/C23H22ClFN4O2/c1-31-20-10-8-17(24)13-15(20)7-11-22(30)26-19-14-16(6-9-18(19)25)23-28-27-21-5-3-2-4-12-29(21)23/h6-11,13-14H,2-5,12H2,1H3,(H,26,30). The Bertz CT molecular complexity index is 1140. The number of aryl methyl sites for hydroxylation is 1. The molecule has 3 aromatic rings. The number of nitrogens with zero attached hydrogens (tertiary/aromatic N) is 3. The van der Waals surface area contributed by atoms with E-state index in [1.807, 2.05) is 0 Å². The highest BCUT2D eigenvalue weighted by atomic mass is 35.5. The summed E-state index contributed by atoms with van der Waals surface area (Å²) in [6, 6.07) is 9.66. The Balaban J connectivity index is 1.55. The summed E-state index contributed by atoms with van der Waals surface area (Å²) in [6.07, 6.45) is 7.06. The molecule has 1 aliphatic heterocycles. The molecule has 0 bridgehead atoms. The highest BCUT2D eigenvalue weighted by Crippen LogP contribution is 2.27. The average Bonchev–Trinajstić information content (AvgIpc) is 3.02. The lowest BCUT2D eigenvalue weighted by Gasteiger charge is -2.10. The second kappa shape index (κ2) is 9.31. The van der Waals surface area contributed by atoms with Gasteiger partial charge in [-0.3, -0.25) is 4.79 Å². The Labute approximate surface area is 184 Å². The number of halogens is 2. The number of aromatic nitrogens is 3. The average molecular weight is 441 g/mol. The second-order valence-corrected chi connectivity index (χ2v) is 7.74. The lowest BCUT2D eigenvalue weighted by Crippen LogP contribution is -2.10. The molecule has 1 aromatic heterocycles. The Hall–Kier alpha value is -3.19. The maximum absolute atomic E-state index is 14.4. The summed E-state index contributed by atoms with van der Waals surface area (Å²) in [7, 11) is 1.53. The molecule has 1 amide bonds. The quantitative estimate of drug-likeness (QED) is 0.559. The van der Waals surface area contributed by atoms with Crippen LogP contribution in [0.25, 0.3) is 17.5 Å². The fraction of sp³-hybridized carbons (Fsp3) is 0.261. The Kier molecular flexibility index (Phi) is 6.32. The Morgan fingerprint density at radius 3 is 2.90 bits per heavy atom. The highest BCUT2D eigenvalue weighted by Gasteiger charge is 2.17. The summed E-state index contributed by atoms with van der Waals surface area (Å²) in [5, 5.41) is 11.7. The predicted molar refractivity (Wildman–Crippen MR) is 119 cm³/mol. The number of hydrogen-bond acceptors (Lipinski definition) is 4. The number of fused-ring (bicyclic) bond motifs is 1. The van der Waals surface area contributed by atoms with E-state index >= 15 is 0 Å². The van der Waals surface area contributed by atoms with Gasteiger partial charge in [-0.15, -0.1) is 10.2 Å². The van der Waals surface area contributed by atoms with Crippen molar-refractivity contribution in [3.05, 3.63) is 64.7 Å². The van der Waals surface area contributed by atoms with Crippen molar-refractivity contribution in [2.45, 2.75) is 32.2 Å². The third kappa shape index (κ3) is 4.77. The van der Waals surface area contributed by atoms with Gasteiger partial charge in [-0.2, -0.15) is 0 Å². The van der Waals surface area contributed by atoms with E-state index in [0.717, 1.165) is 38.1 Å². The van der Waals surface area contributed by atoms with E-state index in [2.05, 4.69) is 20.1 Å². The summed E-state index contributed by atoms with van der Waals surface area (Å²) in [5.74, 6) is 1.21. The lowest BCUT2D eigenvalue weighted by atomic mass is 10.1. The molecular weight excluding hydrogens is 419 g/mol. The molecule has 0 radical (unpaired) electrons. The molecule has 0 spiro atoms. The van der Waals surface area contributed by atoms with Crippen LogP contribution in [0.5, 0.6) is 5.75 Å². The van der Waals surface area contributed by atoms with Gasteiger partial charge in [-0.1, -0.05) is 18.0 Å². The van der Waals surface area contributed by atoms with Crippen molar-refractivity contribution in [1.82, 2.24) is 14.8 Å². The van der Waals surface area contributed by atoms with E-state index in [1.165, 1.54) is 19.3 Å². The molecule has 2 aromatic carbocycles. The van der Waals surface area contributed by atoms with Gasteiger partial charge in [-0.25, -0.2) is 4.39 Å². The maximum atomic E-state index is 14.4. The summed E-state index contributed by atoms with van der Waals surface area (Å²) in [4.78, 5) is 12.4. The van der Waals surface area contributed by atoms with Gasteiger partial charge in [0.25, 0.3) is 0 Å². The van der Waals surface area contributed by atoms with E-state index in [1.54, 1.807) is 36.4 Å². The zero-order valence-corrected chi connectivity index (χ0v) is 17.8. The van der Waals surface area contributed by atoms with E-state index in [-0.39, 0.29) is 5.69 Å². The number of amides is 1. The van der Waals surface area contributed by atoms with Gasteiger partial charge in [0.1, 0.15) is 17.4 Å². The topological polar surface area (TPSA) is 69.0 Å². The van der Waals surface area contributed by atoms with Crippen LogP contribution in [-0.4, -0.2) is 27.8 Å². The van der Waals surface area contributed by atoms with Crippen LogP contribution in [0.15, 0.2) is 42.5 Å². The molecule has 31 heavy (non-hydrogen) atoms. The molecule has 0 fully saturated rings. The first kappa shape index (κ1) is 21.1. The zero-order chi connectivity index (χ0) is 21.8. The summed E-state index contributed by atoms with van der Waals surface area (Å²) in [5.41, 5.74) is 1.43. The van der Waals surface area contributed by atoms with Gasteiger partial charge >= 0.3 is 0 Å². The van der Waals surface area contributed by atoms with Gasteiger partial charge < -0.3 is 14.6 Å². The van der Waals surface area contributed by atoms with Crippen LogP contribution in [-0.2, 0) is 17.8 Å². The summed E-state index contributed by atoms with van der Waals surface area (Å²) >= 11 is 6.01. The summed E-state index contributed by atoms with van der Waals surface area (Å²) in [6.45, 7) is 0.834. The number of carbonyl (C=O) groups is 1. The molecule has 4 rings (SSSR count). The third-order valence-electron chi connectivity index (χ3n) is 5.20. The molecule has 1 aliphatic rings. The minimum atomic E-state index is -0.526. The first-order chi connectivity index (χ1) is 15.0. The predicted octanol–water partition coefficient (Wildman–Crippen LogP) is 5.12. The van der Waals surface area contributed by atoms with Crippen molar-refractivity contribution < 1.29 is 13.9 Å². The van der Waals surface area contributed by atoms with Gasteiger partial charge in [-0.05, 0) is 55.3 Å². The van der Waals surface area contributed by atoms with Crippen molar-refractivity contribution in [3.8, 4) is 17.1 Å². The van der Waals surface area contributed by atoms with E-state index in [0.29, 0.717) is 27.7 Å². The molecule has 0 aliphatic carbocycles. The number of benzene rings is 2. The lowest BCUT2D eigenvalue weighted by molar-refractivity contribution is -0.111. The Morgan fingerprint density at radius 1 is 1.19 bits per heavy atom.